The summed E-state index contributed by atoms with van der Waals surface area (Å²) >= 11 is 0. The van der Waals surface area contributed by atoms with Gasteiger partial charge in [0.05, 0.1) is 0 Å². The summed E-state index contributed by atoms with van der Waals surface area (Å²) in [5, 5.41) is 9.30. The van der Waals surface area contributed by atoms with Crippen LogP contribution in [0.25, 0.3) is 0 Å². The summed E-state index contributed by atoms with van der Waals surface area (Å²) in [6.45, 7) is 1.93. The lowest BCUT2D eigenvalue weighted by Gasteiger charge is -2.26. The quantitative estimate of drug-likeness (QED) is 0.788. The molecule has 0 radical (unpaired) electrons. The minimum Gasteiger partial charge on any atom is -0.353 e. The van der Waals surface area contributed by atoms with Crippen LogP contribution in [-0.4, -0.2) is 30.9 Å². The molecule has 2 aliphatic rings. The van der Waals surface area contributed by atoms with Crippen LogP contribution in [-0.2, 0) is 16.0 Å². The van der Waals surface area contributed by atoms with E-state index in [-0.39, 0.29) is 23.8 Å². The maximum absolute atomic E-state index is 12.1. The smallest absolute Gasteiger partial charge is 0.227 e. The van der Waals surface area contributed by atoms with Gasteiger partial charge in [-0.05, 0) is 50.4 Å². The fourth-order valence-corrected chi connectivity index (χ4v) is 3.22. The number of anilines is 1. The van der Waals surface area contributed by atoms with Gasteiger partial charge in [0.1, 0.15) is 0 Å². The van der Waals surface area contributed by atoms with Crippen LogP contribution < -0.4 is 16.0 Å². The number of amides is 2. The molecule has 2 heterocycles. The summed E-state index contributed by atoms with van der Waals surface area (Å²) in [6, 6.07) is 8.16. The van der Waals surface area contributed by atoms with Gasteiger partial charge in [-0.3, -0.25) is 9.59 Å². The lowest BCUT2D eigenvalue weighted by molar-refractivity contribution is -0.123. The normalized spacial score (nSPS) is 21.8. The maximum Gasteiger partial charge on any atom is 0.227 e. The first kappa shape index (κ1) is 15.0. The molecule has 0 bridgehead atoms. The Bertz CT molecular complexity index is 553. The zero-order chi connectivity index (χ0) is 15.4. The Morgan fingerprint density at radius 1 is 1.23 bits per heavy atom. The number of carbonyl (C=O) groups is 2. The van der Waals surface area contributed by atoms with E-state index in [0.717, 1.165) is 43.6 Å². The molecule has 0 saturated carbocycles. The fourth-order valence-electron chi connectivity index (χ4n) is 3.22. The van der Waals surface area contributed by atoms with Crippen molar-refractivity contribution in [2.45, 2.75) is 38.1 Å². The fraction of sp³-hybridized carbons (Fsp3) is 0.529. The molecule has 1 saturated heterocycles. The summed E-state index contributed by atoms with van der Waals surface area (Å²) in [5.74, 6) is 0.000553. The van der Waals surface area contributed by atoms with Gasteiger partial charge in [-0.1, -0.05) is 18.2 Å². The third kappa shape index (κ3) is 3.65. The van der Waals surface area contributed by atoms with Crippen LogP contribution in [0.15, 0.2) is 24.3 Å². The Balaban J connectivity index is 1.49. The highest BCUT2D eigenvalue weighted by molar-refractivity contribution is 5.96. The highest BCUT2D eigenvalue weighted by Gasteiger charge is 2.26. The maximum atomic E-state index is 12.1. The minimum absolute atomic E-state index is 0.0355. The summed E-state index contributed by atoms with van der Waals surface area (Å²) < 4.78 is 0. The highest BCUT2D eigenvalue weighted by atomic mass is 16.2. The van der Waals surface area contributed by atoms with Crippen molar-refractivity contribution in [1.82, 2.24) is 10.6 Å². The molecule has 5 nitrogen and oxygen atoms in total. The largest absolute Gasteiger partial charge is 0.353 e. The molecule has 118 valence electrons. The van der Waals surface area contributed by atoms with Crippen LogP contribution in [0, 0.1) is 5.92 Å². The van der Waals surface area contributed by atoms with E-state index in [9.17, 15) is 9.59 Å². The van der Waals surface area contributed by atoms with Gasteiger partial charge in [0.15, 0.2) is 0 Å². The first-order chi connectivity index (χ1) is 10.7. The second-order valence-corrected chi connectivity index (χ2v) is 6.18. The number of benzene rings is 1. The Morgan fingerprint density at radius 3 is 2.82 bits per heavy atom. The predicted octanol–water partition coefficient (Wildman–Crippen LogP) is 1.45. The zero-order valence-corrected chi connectivity index (χ0v) is 12.7. The molecule has 3 N–H and O–H groups in total. The van der Waals surface area contributed by atoms with E-state index in [0.29, 0.717) is 12.8 Å². The molecule has 1 aromatic carbocycles. The van der Waals surface area contributed by atoms with E-state index in [2.05, 4.69) is 16.0 Å². The minimum atomic E-state index is -0.103. The number of para-hydroxylation sites is 1. The molecular weight excluding hydrogens is 278 g/mol. The molecule has 5 heteroatoms. The molecule has 2 aliphatic heterocycles. The predicted molar refractivity (Wildman–Crippen MR) is 85.5 cm³/mol. The van der Waals surface area contributed by atoms with Crippen LogP contribution in [0.2, 0.25) is 0 Å². The molecule has 1 fully saturated rings. The van der Waals surface area contributed by atoms with E-state index >= 15 is 0 Å². The van der Waals surface area contributed by atoms with Crippen LogP contribution >= 0.6 is 0 Å². The van der Waals surface area contributed by atoms with Gasteiger partial charge in [-0.2, -0.15) is 0 Å². The standard InChI is InChI=1S/C17H23N3O2/c21-16(19-14-7-9-18-10-8-14)6-5-13-11-12-3-1-2-4-15(12)20-17(13)22/h1-4,13-14,18H,5-11H2,(H,19,21)(H,20,22). The lowest BCUT2D eigenvalue weighted by Crippen LogP contribution is -2.43. The molecule has 1 atom stereocenters. The van der Waals surface area contributed by atoms with Gasteiger partial charge in [-0.25, -0.2) is 0 Å². The number of piperidine rings is 1. The highest BCUT2D eigenvalue weighted by Crippen LogP contribution is 2.27. The summed E-state index contributed by atoms with van der Waals surface area (Å²) in [4.78, 5) is 24.2. The average molecular weight is 301 g/mol. The molecule has 0 spiro atoms. The van der Waals surface area contributed by atoms with E-state index in [4.69, 9.17) is 0 Å². The van der Waals surface area contributed by atoms with E-state index in [1.54, 1.807) is 0 Å². The van der Waals surface area contributed by atoms with Crippen LogP contribution in [0.4, 0.5) is 5.69 Å². The van der Waals surface area contributed by atoms with Gasteiger partial charge in [0.25, 0.3) is 0 Å². The van der Waals surface area contributed by atoms with E-state index in [1.807, 2.05) is 24.3 Å². The van der Waals surface area contributed by atoms with Crippen LogP contribution in [0.3, 0.4) is 0 Å². The number of fused-ring (bicyclic) bond motifs is 1. The summed E-state index contributed by atoms with van der Waals surface area (Å²) in [5.41, 5.74) is 2.06. The molecule has 22 heavy (non-hydrogen) atoms. The van der Waals surface area contributed by atoms with Gasteiger partial charge in [0, 0.05) is 24.1 Å². The van der Waals surface area contributed by atoms with Crippen molar-refractivity contribution in [3.8, 4) is 0 Å². The van der Waals surface area contributed by atoms with Gasteiger partial charge >= 0.3 is 0 Å². The van der Waals surface area contributed by atoms with Gasteiger partial charge in [0.2, 0.25) is 11.8 Å². The van der Waals surface area contributed by atoms with E-state index < -0.39 is 0 Å². The second kappa shape index (κ2) is 6.92. The Hall–Kier alpha value is -1.88. The summed E-state index contributed by atoms with van der Waals surface area (Å²) in [6.07, 6.45) is 3.73. The Labute approximate surface area is 130 Å². The number of hydrogen-bond donors (Lipinski definition) is 3. The first-order valence-corrected chi connectivity index (χ1v) is 8.11. The molecule has 1 unspecified atom stereocenters. The van der Waals surface area contributed by atoms with E-state index in [1.165, 1.54) is 0 Å². The van der Waals surface area contributed by atoms with Crippen molar-refractivity contribution < 1.29 is 9.59 Å². The van der Waals surface area contributed by atoms with Crippen molar-refractivity contribution in [3.05, 3.63) is 29.8 Å². The first-order valence-electron chi connectivity index (χ1n) is 8.11. The number of nitrogens with one attached hydrogen (secondary N) is 3. The zero-order valence-electron chi connectivity index (χ0n) is 12.7. The Morgan fingerprint density at radius 2 is 2.00 bits per heavy atom. The van der Waals surface area contributed by atoms with Crippen molar-refractivity contribution >= 4 is 17.5 Å². The Kier molecular flexibility index (Phi) is 4.73. The van der Waals surface area contributed by atoms with Crippen molar-refractivity contribution in [1.29, 1.82) is 0 Å². The average Bonchev–Trinajstić information content (AvgIpc) is 2.54. The SMILES string of the molecule is O=C(CCC1Cc2ccccc2NC1=O)NC1CCNCC1. The van der Waals surface area contributed by atoms with Crippen molar-refractivity contribution in [2.75, 3.05) is 18.4 Å². The second-order valence-electron chi connectivity index (χ2n) is 6.18. The third-order valence-corrected chi connectivity index (χ3v) is 4.54. The van der Waals surface area contributed by atoms with Crippen LogP contribution in [0.1, 0.15) is 31.2 Å². The van der Waals surface area contributed by atoms with Crippen molar-refractivity contribution in [3.63, 3.8) is 0 Å². The number of rotatable bonds is 4. The monoisotopic (exact) mass is 301 g/mol. The molecule has 0 aliphatic carbocycles. The third-order valence-electron chi connectivity index (χ3n) is 4.54. The topological polar surface area (TPSA) is 70.2 Å². The molecule has 1 aromatic rings. The molecule has 0 aromatic heterocycles. The van der Waals surface area contributed by atoms with Gasteiger partial charge < -0.3 is 16.0 Å². The van der Waals surface area contributed by atoms with Crippen molar-refractivity contribution in [2.24, 2.45) is 5.92 Å². The summed E-state index contributed by atoms with van der Waals surface area (Å²) in [7, 11) is 0. The number of hydrogen-bond acceptors (Lipinski definition) is 3. The molecule has 2 amide bonds. The van der Waals surface area contributed by atoms with Crippen LogP contribution in [0.5, 0.6) is 0 Å². The molecular formula is C17H23N3O2. The molecule has 3 rings (SSSR count). The lowest BCUT2D eigenvalue weighted by atomic mass is 9.89. The van der Waals surface area contributed by atoms with Gasteiger partial charge in [-0.15, -0.1) is 0 Å². The number of carbonyl (C=O) groups excluding carboxylic acids is 2.